The minimum absolute atomic E-state index is 0.0990. The molecule has 2 aliphatic rings. The van der Waals surface area contributed by atoms with E-state index in [0.717, 1.165) is 37.7 Å². The number of aromatic nitrogens is 1. The molecule has 3 heterocycles. The lowest BCUT2D eigenvalue weighted by molar-refractivity contribution is -0.145. The predicted octanol–water partition coefficient (Wildman–Crippen LogP) is 4.52. The molecule has 0 aliphatic carbocycles. The summed E-state index contributed by atoms with van der Waals surface area (Å²) in [5.41, 5.74) is 0.264. The molecule has 1 aromatic heterocycles. The first-order valence-electron chi connectivity index (χ1n) is 10.8. The fourth-order valence-corrected chi connectivity index (χ4v) is 6.39. The van der Waals surface area contributed by atoms with Gasteiger partial charge in [0.1, 0.15) is 10.4 Å². The Morgan fingerprint density at radius 1 is 1.26 bits per heavy atom. The van der Waals surface area contributed by atoms with Crippen molar-refractivity contribution in [2.45, 2.75) is 43.9 Å². The molecule has 166 valence electrons. The maximum absolute atomic E-state index is 13.6. The van der Waals surface area contributed by atoms with Gasteiger partial charge in [0.25, 0.3) is 0 Å². The van der Waals surface area contributed by atoms with Crippen LogP contribution in [0.25, 0.3) is 11.3 Å². The first-order chi connectivity index (χ1) is 15.0. The van der Waals surface area contributed by atoms with E-state index in [1.165, 1.54) is 11.3 Å². The Morgan fingerprint density at radius 3 is 2.77 bits per heavy atom. The van der Waals surface area contributed by atoms with Gasteiger partial charge in [0.15, 0.2) is 0 Å². The monoisotopic (exact) mass is 462 g/mol. The Bertz CT molecular complexity index is 943. The zero-order chi connectivity index (χ0) is 21.8. The second kappa shape index (κ2) is 9.67. The van der Waals surface area contributed by atoms with Gasteiger partial charge in [-0.1, -0.05) is 36.2 Å². The molecule has 2 aliphatic heterocycles. The molecule has 2 fully saturated rings. The molecule has 1 aromatic carbocycles. The van der Waals surface area contributed by atoms with E-state index < -0.39 is 11.4 Å². The van der Waals surface area contributed by atoms with E-state index in [1.54, 1.807) is 6.07 Å². The summed E-state index contributed by atoms with van der Waals surface area (Å²) in [5, 5.41) is 16.0. The van der Waals surface area contributed by atoms with Crippen LogP contribution in [0.5, 0.6) is 0 Å². The number of hydrogen-bond donors (Lipinski definition) is 2. The molecule has 0 spiro atoms. The number of amides is 1. The molecule has 4 rings (SSSR count). The second-order valence-electron chi connectivity index (χ2n) is 8.37. The predicted molar refractivity (Wildman–Crippen MR) is 120 cm³/mol. The van der Waals surface area contributed by atoms with Gasteiger partial charge in [0, 0.05) is 35.7 Å². The quantitative estimate of drug-likeness (QED) is 0.682. The van der Waals surface area contributed by atoms with Gasteiger partial charge in [-0.3, -0.25) is 9.59 Å². The summed E-state index contributed by atoms with van der Waals surface area (Å²) in [6.07, 6.45) is 4.07. The third-order valence-electron chi connectivity index (χ3n) is 6.57. The van der Waals surface area contributed by atoms with Crippen molar-refractivity contribution in [3.05, 3.63) is 39.7 Å². The van der Waals surface area contributed by atoms with Crippen LogP contribution in [0.15, 0.2) is 29.6 Å². The van der Waals surface area contributed by atoms with Gasteiger partial charge in [-0.05, 0) is 43.6 Å². The number of nitrogens with one attached hydrogen (secondary N) is 1. The molecule has 6 nitrogen and oxygen atoms in total. The van der Waals surface area contributed by atoms with Crippen LogP contribution in [-0.2, 0) is 19.7 Å². The standard InChI is InChI=1S/C23H27ClN2O4S/c24-18-7-2-1-5-16(18)19-14-31-22(26-19)23(13-20(27)28)17(15-8-11-30-12-9-15)6-3-4-10-25-21(23)29/h1-2,5,7,14-15,17H,3-4,6,8-13H2,(H,25,29)(H,27,28)/t17-,23+/m1/s1. The summed E-state index contributed by atoms with van der Waals surface area (Å²) in [7, 11) is 0. The van der Waals surface area contributed by atoms with Crippen molar-refractivity contribution in [1.82, 2.24) is 10.3 Å². The molecule has 1 amide bonds. The topological polar surface area (TPSA) is 88.5 Å². The summed E-state index contributed by atoms with van der Waals surface area (Å²) < 4.78 is 5.56. The Morgan fingerprint density at radius 2 is 2.03 bits per heavy atom. The molecular weight excluding hydrogens is 436 g/mol. The number of carbonyl (C=O) groups is 2. The Balaban J connectivity index is 1.83. The largest absolute Gasteiger partial charge is 0.481 e. The van der Waals surface area contributed by atoms with Crippen LogP contribution >= 0.6 is 22.9 Å². The van der Waals surface area contributed by atoms with Crippen LogP contribution in [0.4, 0.5) is 0 Å². The average Bonchev–Trinajstić information content (AvgIpc) is 3.24. The zero-order valence-electron chi connectivity index (χ0n) is 17.3. The minimum atomic E-state index is -1.20. The Hall–Kier alpha value is -1.96. The molecule has 2 atom stereocenters. The summed E-state index contributed by atoms with van der Waals surface area (Å²) in [4.78, 5) is 30.6. The van der Waals surface area contributed by atoms with Crippen molar-refractivity contribution in [3.63, 3.8) is 0 Å². The summed E-state index contributed by atoms with van der Waals surface area (Å²) in [6.45, 7) is 1.85. The van der Waals surface area contributed by atoms with Crippen molar-refractivity contribution in [2.75, 3.05) is 19.8 Å². The number of rotatable bonds is 5. The SMILES string of the molecule is O=C(O)C[C@@]1(c2nc(-c3ccccc3Cl)cs2)C(=O)NCCCC[C@@H]1C1CCOCC1. The number of benzene rings is 1. The molecule has 0 unspecified atom stereocenters. The first kappa shape index (κ1) is 22.2. The number of ether oxygens (including phenoxy) is 1. The Labute approximate surface area is 191 Å². The van der Waals surface area contributed by atoms with Crippen LogP contribution in [-0.4, -0.2) is 41.7 Å². The highest BCUT2D eigenvalue weighted by molar-refractivity contribution is 7.10. The van der Waals surface area contributed by atoms with Crippen molar-refractivity contribution < 1.29 is 19.4 Å². The number of thiazole rings is 1. The van der Waals surface area contributed by atoms with Crippen molar-refractivity contribution in [2.24, 2.45) is 11.8 Å². The van der Waals surface area contributed by atoms with Crippen LogP contribution in [0, 0.1) is 11.8 Å². The van der Waals surface area contributed by atoms with Gasteiger partial charge in [0.05, 0.1) is 12.1 Å². The van der Waals surface area contributed by atoms with Gasteiger partial charge in [-0.2, -0.15) is 0 Å². The van der Waals surface area contributed by atoms with Gasteiger partial charge in [-0.25, -0.2) is 4.98 Å². The zero-order valence-corrected chi connectivity index (χ0v) is 18.9. The second-order valence-corrected chi connectivity index (χ2v) is 9.63. The van der Waals surface area contributed by atoms with Gasteiger partial charge >= 0.3 is 5.97 Å². The van der Waals surface area contributed by atoms with E-state index in [4.69, 9.17) is 21.3 Å². The van der Waals surface area contributed by atoms with Crippen LogP contribution in [0.3, 0.4) is 0 Å². The Kier molecular flexibility index (Phi) is 6.94. The molecule has 31 heavy (non-hydrogen) atoms. The number of carbonyl (C=O) groups excluding carboxylic acids is 1. The highest BCUT2D eigenvalue weighted by atomic mass is 35.5. The highest BCUT2D eigenvalue weighted by Crippen LogP contribution is 2.48. The average molecular weight is 463 g/mol. The molecule has 2 saturated heterocycles. The summed E-state index contributed by atoms with van der Waals surface area (Å²) in [6, 6.07) is 7.44. The maximum atomic E-state index is 13.6. The third-order valence-corrected chi connectivity index (χ3v) is 7.92. The lowest BCUT2D eigenvalue weighted by Crippen LogP contribution is -2.54. The number of nitrogens with zero attached hydrogens (tertiary/aromatic N) is 1. The molecule has 0 radical (unpaired) electrons. The molecular formula is C23H27ClN2O4S. The lowest BCUT2D eigenvalue weighted by Gasteiger charge is -2.43. The van der Waals surface area contributed by atoms with Crippen LogP contribution in [0.1, 0.15) is 43.5 Å². The normalized spacial score (nSPS) is 25.5. The lowest BCUT2D eigenvalue weighted by atomic mass is 9.62. The highest BCUT2D eigenvalue weighted by Gasteiger charge is 2.53. The van der Waals surface area contributed by atoms with E-state index in [9.17, 15) is 14.7 Å². The minimum Gasteiger partial charge on any atom is -0.481 e. The molecule has 2 N–H and O–H groups in total. The number of hydrogen-bond acceptors (Lipinski definition) is 5. The molecule has 8 heteroatoms. The van der Waals surface area contributed by atoms with E-state index >= 15 is 0 Å². The smallest absolute Gasteiger partial charge is 0.304 e. The van der Waals surface area contributed by atoms with Crippen LogP contribution in [0.2, 0.25) is 5.02 Å². The van der Waals surface area contributed by atoms with Crippen molar-refractivity contribution in [3.8, 4) is 11.3 Å². The van der Waals surface area contributed by atoms with Gasteiger partial charge in [0.2, 0.25) is 5.91 Å². The van der Waals surface area contributed by atoms with E-state index in [0.29, 0.717) is 35.5 Å². The molecule has 0 bridgehead atoms. The number of aliphatic carboxylic acids is 1. The van der Waals surface area contributed by atoms with Crippen molar-refractivity contribution >= 4 is 34.8 Å². The number of carboxylic acid groups (broad SMARTS) is 1. The fraction of sp³-hybridized carbons (Fsp3) is 0.522. The van der Waals surface area contributed by atoms with Gasteiger partial charge < -0.3 is 15.2 Å². The fourth-order valence-electron chi connectivity index (χ4n) is 5.07. The van der Waals surface area contributed by atoms with Crippen molar-refractivity contribution in [1.29, 1.82) is 0 Å². The number of halogens is 1. The van der Waals surface area contributed by atoms with E-state index in [2.05, 4.69) is 5.32 Å². The van der Waals surface area contributed by atoms with E-state index in [1.807, 2.05) is 23.6 Å². The summed E-state index contributed by atoms with van der Waals surface area (Å²) >= 11 is 7.74. The maximum Gasteiger partial charge on any atom is 0.304 e. The third kappa shape index (κ3) is 4.49. The van der Waals surface area contributed by atoms with Crippen LogP contribution < -0.4 is 5.32 Å². The summed E-state index contributed by atoms with van der Waals surface area (Å²) in [5.74, 6) is -1.07. The molecule has 2 aromatic rings. The molecule has 0 saturated carbocycles. The number of carboxylic acids is 1. The van der Waals surface area contributed by atoms with E-state index in [-0.39, 0.29) is 24.2 Å². The first-order valence-corrected chi connectivity index (χ1v) is 12.1. The van der Waals surface area contributed by atoms with Gasteiger partial charge in [-0.15, -0.1) is 11.3 Å².